The number of benzene rings is 1. The highest BCUT2D eigenvalue weighted by Gasteiger charge is 2.21. The maximum absolute atomic E-state index is 6.30. The zero-order valence-corrected chi connectivity index (χ0v) is 15.2. The summed E-state index contributed by atoms with van der Waals surface area (Å²) in [5.41, 5.74) is 3.09. The first kappa shape index (κ1) is 17.4. The summed E-state index contributed by atoms with van der Waals surface area (Å²) in [5, 5.41) is 2.97. The second-order valence-electron chi connectivity index (χ2n) is 6.03. The molecule has 5 nitrogen and oxygen atoms in total. The zero-order chi connectivity index (χ0) is 17.3. The van der Waals surface area contributed by atoms with E-state index in [1.54, 1.807) is 12.1 Å². The van der Waals surface area contributed by atoms with Gasteiger partial charge in [0.2, 0.25) is 5.88 Å². The molecule has 24 heavy (non-hydrogen) atoms. The van der Waals surface area contributed by atoms with Crippen molar-refractivity contribution < 1.29 is 4.74 Å². The van der Waals surface area contributed by atoms with Crippen LogP contribution in [0.3, 0.4) is 0 Å². The number of aryl methyl sites for hydroxylation is 2. The third kappa shape index (κ3) is 3.81. The molecule has 2 aromatic rings. The molecule has 1 aliphatic rings. The lowest BCUT2D eigenvalue weighted by atomic mass is 10.1. The quantitative estimate of drug-likeness (QED) is 0.837. The minimum Gasteiger partial charge on any atom is -0.473 e. The van der Waals surface area contributed by atoms with Crippen molar-refractivity contribution in [1.29, 1.82) is 0 Å². The van der Waals surface area contributed by atoms with Crippen molar-refractivity contribution in [3.05, 3.63) is 39.6 Å². The van der Waals surface area contributed by atoms with Gasteiger partial charge in [0.15, 0.2) is 0 Å². The minimum absolute atomic E-state index is 0.127. The van der Waals surface area contributed by atoms with Crippen LogP contribution in [0.25, 0.3) is 11.3 Å². The fourth-order valence-corrected chi connectivity index (χ4v) is 3.28. The molecule has 128 valence electrons. The number of ether oxygens (including phenoxy) is 1. The smallest absolute Gasteiger partial charge is 0.235 e. The van der Waals surface area contributed by atoms with E-state index < -0.39 is 0 Å². The summed E-state index contributed by atoms with van der Waals surface area (Å²) in [6.07, 6.45) is 1.91. The van der Waals surface area contributed by atoms with Crippen LogP contribution >= 0.6 is 23.2 Å². The van der Waals surface area contributed by atoms with E-state index in [-0.39, 0.29) is 6.10 Å². The average molecular weight is 367 g/mol. The van der Waals surface area contributed by atoms with Crippen LogP contribution in [0.2, 0.25) is 10.0 Å². The van der Waals surface area contributed by atoms with E-state index in [9.17, 15) is 0 Å². The Balaban J connectivity index is 1.86. The van der Waals surface area contributed by atoms with Crippen LogP contribution in [0.4, 0.5) is 0 Å². The number of halogens is 2. The second kappa shape index (κ2) is 7.23. The predicted molar refractivity (Wildman–Crippen MR) is 96.4 cm³/mol. The molecule has 1 saturated heterocycles. The number of hydrogen-bond donors (Lipinski definition) is 1. The Bertz CT molecular complexity index is 746. The Hall–Kier alpha value is -1.40. The number of hydrogen-bond acceptors (Lipinski definition) is 5. The monoisotopic (exact) mass is 366 g/mol. The number of hydrazine groups is 1. The lowest BCUT2D eigenvalue weighted by Gasteiger charge is -2.29. The third-order valence-corrected chi connectivity index (χ3v) is 4.69. The van der Waals surface area contributed by atoms with Gasteiger partial charge in [0, 0.05) is 23.7 Å². The van der Waals surface area contributed by atoms with Gasteiger partial charge in [0.05, 0.1) is 16.4 Å². The molecule has 2 heterocycles. The standard InChI is InChI=1S/C17H20Cl2N4O/c1-10-16(14-4-3-12(18)9-15(14)19)21-11(2)17(22-10)24-13-5-7-23(20)8-6-13/h3-4,9,13H,5-8,20H2,1-2H3. The normalized spacial score (nSPS) is 16.4. The van der Waals surface area contributed by atoms with Crippen LogP contribution in [-0.4, -0.2) is 34.2 Å². The molecule has 0 radical (unpaired) electrons. The Morgan fingerprint density at radius 2 is 1.83 bits per heavy atom. The molecule has 0 bridgehead atoms. The predicted octanol–water partition coefficient (Wildman–Crippen LogP) is 3.78. The van der Waals surface area contributed by atoms with Gasteiger partial charge in [-0.25, -0.2) is 15.0 Å². The topological polar surface area (TPSA) is 64.3 Å². The van der Waals surface area contributed by atoms with Gasteiger partial charge < -0.3 is 4.74 Å². The number of nitrogens with zero attached hydrogens (tertiary/aromatic N) is 3. The SMILES string of the molecule is Cc1nc(-c2ccc(Cl)cc2Cl)c(C)nc1OC1CCN(N)CC1. The van der Waals surface area contributed by atoms with Gasteiger partial charge in [-0.2, -0.15) is 0 Å². The number of nitrogens with two attached hydrogens (primary N) is 1. The summed E-state index contributed by atoms with van der Waals surface area (Å²) >= 11 is 12.3. The molecule has 2 N–H and O–H groups in total. The highest BCUT2D eigenvalue weighted by atomic mass is 35.5. The summed E-state index contributed by atoms with van der Waals surface area (Å²) in [5.74, 6) is 6.36. The largest absolute Gasteiger partial charge is 0.473 e. The van der Waals surface area contributed by atoms with Crippen molar-refractivity contribution >= 4 is 23.2 Å². The average Bonchev–Trinajstić information content (AvgIpc) is 2.53. The van der Waals surface area contributed by atoms with Crippen LogP contribution < -0.4 is 10.6 Å². The molecule has 0 atom stereocenters. The maximum atomic E-state index is 6.30. The number of rotatable bonds is 3. The fraction of sp³-hybridized carbons (Fsp3) is 0.412. The molecule has 0 aliphatic carbocycles. The van der Waals surface area contributed by atoms with Crippen molar-refractivity contribution in [2.45, 2.75) is 32.8 Å². The summed E-state index contributed by atoms with van der Waals surface area (Å²) in [4.78, 5) is 9.27. The van der Waals surface area contributed by atoms with Crippen LogP contribution in [-0.2, 0) is 0 Å². The van der Waals surface area contributed by atoms with Crippen molar-refractivity contribution in [2.24, 2.45) is 5.84 Å². The summed E-state index contributed by atoms with van der Waals surface area (Å²) in [7, 11) is 0. The Kier molecular flexibility index (Phi) is 5.25. The molecule has 7 heteroatoms. The molecule has 1 aromatic heterocycles. The van der Waals surface area contributed by atoms with Gasteiger partial charge in [-0.3, -0.25) is 5.84 Å². The molecule has 3 rings (SSSR count). The molecule has 1 aliphatic heterocycles. The van der Waals surface area contributed by atoms with E-state index in [0.29, 0.717) is 15.9 Å². The Morgan fingerprint density at radius 3 is 2.50 bits per heavy atom. The van der Waals surface area contributed by atoms with Crippen molar-refractivity contribution in [3.8, 4) is 17.1 Å². The molecular weight excluding hydrogens is 347 g/mol. The lowest BCUT2D eigenvalue weighted by molar-refractivity contribution is 0.0961. The summed E-state index contributed by atoms with van der Waals surface area (Å²) in [6.45, 7) is 5.46. The van der Waals surface area contributed by atoms with Crippen molar-refractivity contribution in [2.75, 3.05) is 13.1 Å². The molecular formula is C17H20Cl2N4O. The van der Waals surface area contributed by atoms with E-state index in [4.69, 9.17) is 33.8 Å². The van der Waals surface area contributed by atoms with Crippen LogP contribution in [0.5, 0.6) is 5.88 Å². The van der Waals surface area contributed by atoms with Crippen LogP contribution in [0.1, 0.15) is 24.2 Å². The van der Waals surface area contributed by atoms with Gasteiger partial charge >= 0.3 is 0 Å². The van der Waals surface area contributed by atoms with E-state index in [1.807, 2.05) is 24.9 Å². The number of aromatic nitrogens is 2. The first-order chi connectivity index (χ1) is 11.4. The molecule has 0 spiro atoms. The highest BCUT2D eigenvalue weighted by Crippen LogP contribution is 2.32. The third-order valence-electron chi connectivity index (χ3n) is 4.14. The van der Waals surface area contributed by atoms with E-state index in [1.165, 1.54) is 0 Å². The number of piperidine rings is 1. The van der Waals surface area contributed by atoms with Gasteiger partial charge in [-0.05, 0) is 44.9 Å². The first-order valence-corrected chi connectivity index (χ1v) is 8.66. The molecule has 1 aromatic carbocycles. The van der Waals surface area contributed by atoms with Gasteiger partial charge in [0.25, 0.3) is 0 Å². The van der Waals surface area contributed by atoms with Gasteiger partial charge in [-0.1, -0.05) is 23.2 Å². The van der Waals surface area contributed by atoms with Crippen LogP contribution in [0, 0.1) is 13.8 Å². The van der Waals surface area contributed by atoms with E-state index >= 15 is 0 Å². The van der Waals surface area contributed by atoms with Gasteiger partial charge in [0.1, 0.15) is 11.8 Å². The summed E-state index contributed by atoms with van der Waals surface area (Å²) in [6, 6.07) is 5.36. The maximum Gasteiger partial charge on any atom is 0.235 e. The van der Waals surface area contributed by atoms with Crippen LogP contribution in [0.15, 0.2) is 18.2 Å². The summed E-state index contributed by atoms with van der Waals surface area (Å²) < 4.78 is 6.05. The molecule has 0 unspecified atom stereocenters. The molecule has 1 fully saturated rings. The zero-order valence-electron chi connectivity index (χ0n) is 13.7. The minimum atomic E-state index is 0.127. The Morgan fingerprint density at radius 1 is 1.12 bits per heavy atom. The lowest BCUT2D eigenvalue weighted by Crippen LogP contribution is -2.42. The highest BCUT2D eigenvalue weighted by molar-refractivity contribution is 6.36. The molecule has 0 saturated carbocycles. The fourth-order valence-electron chi connectivity index (χ4n) is 2.78. The van der Waals surface area contributed by atoms with E-state index in [0.717, 1.165) is 48.6 Å². The Labute approximate surface area is 151 Å². The van der Waals surface area contributed by atoms with Crippen molar-refractivity contribution in [1.82, 2.24) is 15.0 Å². The first-order valence-electron chi connectivity index (χ1n) is 7.91. The van der Waals surface area contributed by atoms with Crippen molar-refractivity contribution in [3.63, 3.8) is 0 Å². The van der Waals surface area contributed by atoms with E-state index in [2.05, 4.69) is 9.97 Å². The second-order valence-corrected chi connectivity index (χ2v) is 6.87. The molecule has 0 amide bonds. The van der Waals surface area contributed by atoms with Gasteiger partial charge in [-0.15, -0.1) is 0 Å².